The number of benzene rings is 1. The van der Waals surface area contributed by atoms with Gasteiger partial charge in [0.25, 0.3) is 0 Å². The third-order valence-corrected chi connectivity index (χ3v) is 7.49. The molecule has 0 radical (unpaired) electrons. The summed E-state index contributed by atoms with van der Waals surface area (Å²) in [6, 6.07) is 7.34. The monoisotopic (exact) mass is 444 g/mol. The minimum absolute atomic E-state index is 0.0191. The van der Waals surface area contributed by atoms with E-state index in [1.54, 1.807) is 12.1 Å². The molecule has 2 aromatic rings. The lowest BCUT2D eigenvalue weighted by atomic mass is 9.71. The van der Waals surface area contributed by atoms with Gasteiger partial charge in [-0.05, 0) is 49.4 Å². The zero-order valence-corrected chi connectivity index (χ0v) is 18.5. The summed E-state index contributed by atoms with van der Waals surface area (Å²) in [6.45, 7) is 6.31. The maximum atomic E-state index is 13.7. The van der Waals surface area contributed by atoms with Crippen LogP contribution in [0.5, 0.6) is 0 Å². The Morgan fingerprint density at radius 2 is 2.09 bits per heavy atom. The van der Waals surface area contributed by atoms with Gasteiger partial charge in [-0.15, -0.1) is 0 Å². The Bertz CT molecular complexity index is 1030. The fraction of sp³-hybridized carbons (Fsp3) is 0.565. The predicted octanol–water partition coefficient (Wildman–Crippen LogP) is 3.01. The fourth-order valence-corrected chi connectivity index (χ4v) is 4.97. The number of hydrogen-bond acceptors (Lipinski definition) is 5. The molecule has 0 unspecified atom stereocenters. The number of likely N-dealkylation sites (tertiary alicyclic amines) is 1. The first-order chi connectivity index (χ1) is 15.1. The topological polar surface area (TPSA) is 96.3 Å². The van der Waals surface area contributed by atoms with Gasteiger partial charge in [-0.2, -0.15) is 5.26 Å². The highest BCUT2D eigenvalue weighted by atomic mass is 19.1. The molecule has 1 saturated carbocycles. The van der Waals surface area contributed by atoms with Gasteiger partial charge in [-0.3, -0.25) is 4.79 Å². The van der Waals surface area contributed by atoms with Crippen molar-refractivity contribution in [1.82, 2.24) is 15.4 Å². The van der Waals surface area contributed by atoms with Crippen molar-refractivity contribution in [2.45, 2.75) is 63.7 Å². The zero-order chi connectivity index (χ0) is 23.1. The van der Waals surface area contributed by atoms with Crippen molar-refractivity contribution in [2.75, 3.05) is 13.1 Å². The van der Waals surface area contributed by atoms with Crippen LogP contribution in [0.1, 0.15) is 51.8 Å². The second-order valence-electron chi connectivity index (χ2n) is 9.55. The Balaban J connectivity index is 1.45. The number of alkyl halides is 1. The summed E-state index contributed by atoms with van der Waals surface area (Å²) >= 11 is 0. The van der Waals surface area contributed by atoms with E-state index in [1.165, 1.54) is 17.0 Å². The molecule has 1 saturated heterocycles. The SMILES string of the molecule is CC1(C)[C@@H](c2[nH+]c(-c3ccc(F)cc3)no2)CC[C@@]1(C)NCC(=O)N1C[C@@H](F)C[C@H]1C#N. The van der Waals surface area contributed by atoms with E-state index in [4.69, 9.17) is 4.52 Å². The molecule has 1 aromatic carbocycles. The molecule has 1 aromatic heterocycles. The van der Waals surface area contributed by atoms with Crippen molar-refractivity contribution >= 4 is 5.91 Å². The predicted molar refractivity (Wildman–Crippen MR) is 111 cm³/mol. The van der Waals surface area contributed by atoms with Crippen molar-refractivity contribution < 1.29 is 23.1 Å². The highest BCUT2D eigenvalue weighted by Crippen LogP contribution is 2.54. The van der Waals surface area contributed by atoms with Crippen molar-refractivity contribution in [3.63, 3.8) is 0 Å². The van der Waals surface area contributed by atoms with E-state index in [9.17, 15) is 18.8 Å². The third-order valence-electron chi connectivity index (χ3n) is 7.49. The van der Waals surface area contributed by atoms with Gasteiger partial charge in [0.05, 0.1) is 30.6 Å². The molecule has 1 aliphatic heterocycles. The third kappa shape index (κ3) is 3.88. The van der Waals surface area contributed by atoms with Crippen LogP contribution in [0.3, 0.4) is 0 Å². The number of hydrogen-bond donors (Lipinski definition) is 1. The Kier molecular flexibility index (Phi) is 5.76. The van der Waals surface area contributed by atoms with Crippen LogP contribution in [0.4, 0.5) is 8.78 Å². The quantitative estimate of drug-likeness (QED) is 0.765. The van der Waals surface area contributed by atoms with E-state index in [1.807, 2.05) is 6.07 Å². The average Bonchev–Trinajstić information content (AvgIpc) is 3.44. The van der Waals surface area contributed by atoms with Gasteiger partial charge < -0.3 is 10.2 Å². The van der Waals surface area contributed by atoms with Crippen LogP contribution in [0.25, 0.3) is 11.4 Å². The molecule has 2 aliphatic rings. The number of rotatable bonds is 5. The number of aromatic amines is 1. The molecule has 1 amide bonds. The number of carbonyl (C=O) groups is 1. The summed E-state index contributed by atoms with van der Waals surface area (Å²) in [4.78, 5) is 17.3. The Labute approximate surface area is 185 Å². The average molecular weight is 445 g/mol. The minimum Gasteiger partial charge on any atom is -0.323 e. The van der Waals surface area contributed by atoms with Gasteiger partial charge in [0.1, 0.15) is 18.0 Å². The van der Waals surface area contributed by atoms with Crippen LogP contribution in [0.15, 0.2) is 28.8 Å². The number of carbonyl (C=O) groups excluding carboxylic acids is 1. The molecule has 9 heteroatoms. The summed E-state index contributed by atoms with van der Waals surface area (Å²) in [5.74, 6) is 0.607. The van der Waals surface area contributed by atoms with Gasteiger partial charge in [0.2, 0.25) is 5.91 Å². The molecule has 2 N–H and O–H groups in total. The van der Waals surface area contributed by atoms with Gasteiger partial charge in [0.15, 0.2) is 5.16 Å². The lowest BCUT2D eigenvalue weighted by Crippen LogP contribution is -2.55. The number of aromatic nitrogens is 2. The van der Waals surface area contributed by atoms with Crippen LogP contribution in [0, 0.1) is 22.6 Å². The van der Waals surface area contributed by atoms with Crippen LogP contribution < -0.4 is 10.3 Å². The van der Waals surface area contributed by atoms with Gasteiger partial charge in [-0.25, -0.2) is 18.3 Å². The summed E-state index contributed by atoms with van der Waals surface area (Å²) in [5, 5.41) is 16.7. The lowest BCUT2D eigenvalue weighted by molar-refractivity contribution is -0.391. The first kappa shape index (κ1) is 22.3. The highest BCUT2D eigenvalue weighted by Gasteiger charge is 2.55. The van der Waals surface area contributed by atoms with Gasteiger partial charge >= 0.3 is 11.7 Å². The van der Waals surface area contributed by atoms with E-state index in [-0.39, 0.29) is 48.1 Å². The fourth-order valence-electron chi connectivity index (χ4n) is 4.97. The highest BCUT2D eigenvalue weighted by molar-refractivity contribution is 5.79. The van der Waals surface area contributed by atoms with Crippen molar-refractivity contribution in [2.24, 2.45) is 5.41 Å². The standard InChI is InChI=1S/C23H27F2N5O2/c1-22(2)18(21-28-20(29-32-21)14-4-6-15(24)7-5-14)8-9-23(22,3)27-12-19(31)30-13-16(25)10-17(30)11-26/h4-7,16-18,27H,8-10,12-13H2,1-3H3/p+1/t16-,17-,18+,23+/m0/s1. The summed E-state index contributed by atoms with van der Waals surface area (Å²) < 4.78 is 32.5. The summed E-state index contributed by atoms with van der Waals surface area (Å²) in [7, 11) is 0. The van der Waals surface area contributed by atoms with Crippen molar-refractivity contribution in [3.05, 3.63) is 36.0 Å². The smallest absolute Gasteiger partial charge is 0.323 e. The maximum absolute atomic E-state index is 13.7. The summed E-state index contributed by atoms with van der Waals surface area (Å²) in [5.41, 5.74) is 0.0413. The number of nitrogens with zero attached hydrogens (tertiary/aromatic N) is 3. The number of nitrogens with one attached hydrogen (secondary N) is 2. The molecular formula is C23H28F2N5O2+. The molecule has 1 aliphatic carbocycles. The van der Waals surface area contributed by atoms with E-state index in [2.05, 4.69) is 36.2 Å². The molecule has 7 nitrogen and oxygen atoms in total. The van der Waals surface area contributed by atoms with Gasteiger partial charge in [0, 0.05) is 12.0 Å². The van der Waals surface area contributed by atoms with E-state index in [0.717, 1.165) is 18.4 Å². The molecule has 4 rings (SSSR count). The van der Waals surface area contributed by atoms with E-state index in [0.29, 0.717) is 11.7 Å². The lowest BCUT2D eigenvalue weighted by Gasteiger charge is -2.41. The Morgan fingerprint density at radius 3 is 2.78 bits per heavy atom. The van der Waals surface area contributed by atoms with E-state index < -0.39 is 12.2 Å². The first-order valence-corrected chi connectivity index (χ1v) is 10.9. The number of nitriles is 1. The molecule has 170 valence electrons. The second kappa shape index (κ2) is 8.24. The van der Waals surface area contributed by atoms with Gasteiger partial charge in [-0.1, -0.05) is 13.8 Å². The number of H-pyrrole nitrogens is 1. The summed E-state index contributed by atoms with van der Waals surface area (Å²) in [6.07, 6.45) is 0.538. The maximum Gasteiger partial charge on any atom is 0.378 e. The molecule has 4 atom stereocenters. The number of amides is 1. The normalized spacial score (nSPS) is 29.2. The Morgan fingerprint density at radius 1 is 1.38 bits per heavy atom. The molecule has 0 spiro atoms. The molecule has 0 bridgehead atoms. The molecular weight excluding hydrogens is 416 g/mol. The molecule has 2 heterocycles. The second-order valence-corrected chi connectivity index (χ2v) is 9.55. The zero-order valence-electron chi connectivity index (χ0n) is 18.5. The largest absolute Gasteiger partial charge is 0.378 e. The minimum atomic E-state index is -1.15. The van der Waals surface area contributed by atoms with Crippen LogP contribution >= 0.6 is 0 Å². The Hall–Kier alpha value is -2.86. The molecule has 2 fully saturated rings. The van der Waals surface area contributed by atoms with Crippen LogP contribution in [-0.4, -0.2) is 46.8 Å². The first-order valence-electron chi connectivity index (χ1n) is 10.9. The van der Waals surface area contributed by atoms with Crippen LogP contribution in [0.2, 0.25) is 0 Å². The molecule has 32 heavy (non-hydrogen) atoms. The van der Waals surface area contributed by atoms with Crippen molar-refractivity contribution in [3.8, 4) is 17.5 Å². The van der Waals surface area contributed by atoms with E-state index >= 15 is 0 Å². The van der Waals surface area contributed by atoms with Crippen LogP contribution in [-0.2, 0) is 4.79 Å². The number of halogens is 2. The van der Waals surface area contributed by atoms with Crippen molar-refractivity contribution in [1.29, 1.82) is 5.26 Å².